The number of halogens is 1. The minimum absolute atomic E-state index is 0. The summed E-state index contributed by atoms with van der Waals surface area (Å²) >= 11 is 0. The maximum atomic E-state index is 2.25. The summed E-state index contributed by atoms with van der Waals surface area (Å²) in [7, 11) is 0. The maximum absolute atomic E-state index is 2.25. The molecule has 0 fully saturated rings. The molecule has 0 bridgehead atoms. The summed E-state index contributed by atoms with van der Waals surface area (Å²) in [4.78, 5) is 0. The number of nitrogens with zero attached hydrogens (tertiary/aromatic N) is 1. The topological polar surface area (TPSA) is 3.88 Å². The maximum Gasteiger partial charge on any atom is 0.178 e. The van der Waals surface area contributed by atoms with Gasteiger partial charge in [-0.3, -0.25) is 0 Å². The van der Waals surface area contributed by atoms with Crippen molar-refractivity contribution in [3.05, 3.63) is 66.0 Å². The van der Waals surface area contributed by atoms with Crippen molar-refractivity contribution in [3.63, 3.8) is 0 Å². The summed E-state index contributed by atoms with van der Waals surface area (Å²) in [6.45, 7) is 3.08. The van der Waals surface area contributed by atoms with E-state index in [0.717, 1.165) is 6.54 Å². The SMILES string of the molecule is Cc1cccc[n+]1Cc1ccccc1.[Br-]. The first-order chi connectivity index (χ1) is 6.86. The van der Waals surface area contributed by atoms with Gasteiger partial charge in [-0.1, -0.05) is 36.4 Å². The number of pyridine rings is 1. The quantitative estimate of drug-likeness (QED) is 0.634. The molecule has 2 aromatic rings. The van der Waals surface area contributed by atoms with Crippen molar-refractivity contribution in [1.29, 1.82) is 0 Å². The molecule has 78 valence electrons. The second-order valence-electron chi connectivity index (χ2n) is 3.46. The van der Waals surface area contributed by atoms with Crippen LogP contribution in [0.4, 0.5) is 0 Å². The molecule has 0 atom stereocenters. The van der Waals surface area contributed by atoms with Crippen molar-refractivity contribution >= 4 is 0 Å². The van der Waals surface area contributed by atoms with E-state index in [2.05, 4.69) is 60.2 Å². The molecule has 0 radical (unpaired) electrons. The van der Waals surface area contributed by atoms with Gasteiger partial charge in [0.15, 0.2) is 18.4 Å². The van der Waals surface area contributed by atoms with Gasteiger partial charge in [-0.2, -0.15) is 4.57 Å². The average molecular weight is 264 g/mol. The largest absolute Gasteiger partial charge is 1.00 e. The Morgan fingerprint density at radius 3 is 2.27 bits per heavy atom. The van der Waals surface area contributed by atoms with Crippen LogP contribution in [0.25, 0.3) is 0 Å². The molecule has 0 aliphatic carbocycles. The summed E-state index contributed by atoms with van der Waals surface area (Å²) in [5, 5.41) is 0. The summed E-state index contributed by atoms with van der Waals surface area (Å²) in [6, 6.07) is 16.8. The lowest BCUT2D eigenvalue weighted by Gasteiger charge is -1.99. The van der Waals surface area contributed by atoms with E-state index in [9.17, 15) is 0 Å². The lowest BCUT2D eigenvalue weighted by molar-refractivity contribution is -0.694. The average Bonchev–Trinajstić information content (AvgIpc) is 2.23. The predicted octanol–water partition coefficient (Wildman–Crippen LogP) is -0.665. The number of rotatable bonds is 2. The van der Waals surface area contributed by atoms with Gasteiger partial charge in [0.25, 0.3) is 0 Å². The van der Waals surface area contributed by atoms with Crippen LogP contribution in [0, 0.1) is 6.92 Å². The first kappa shape index (κ1) is 11.9. The highest BCUT2D eigenvalue weighted by molar-refractivity contribution is 5.13. The Morgan fingerprint density at radius 1 is 0.933 bits per heavy atom. The molecule has 0 saturated carbocycles. The molecule has 2 heteroatoms. The zero-order chi connectivity index (χ0) is 9.80. The van der Waals surface area contributed by atoms with Gasteiger partial charge in [0.1, 0.15) is 0 Å². The lowest BCUT2D eigenvalue weighted by atomic mass is 10.2. The molecule has 0 unspecified atom stereocenters. The first-order valence-electron chi connectivity index (χ1n) is 4.85. The lowest BCUT2D eigenvalue weighted by Crippen LogP contribution is -3.00. The Balaban J connectivity index is 0.00000112. The third kappa shape index (κ3) is 3.17. The number of hydrogen-bond acceptors (Lipinski definition) is 0. The number of aromatic nitrogens is 1. The summed E-state index contributed by atoms with van der Waals surface area (Å²) in [5.41, 5.74) is 2.63. The van der Waals surface area contributed by atoms with Crippen molar-refractivity contribution in [2.75, 3.05) is 0 Å². The molecule has 0 amide bonds. The molecule has 0 N–H and O–H groups in total. The van der Waals surface area contributed by atoms with Gasteiger partial charge in [-0.25, -0.2) is 0 Å². The van der Waals surface area contributed by atoms with Crippen molar-refractivity contribution in [3.8, 4) is 0 Å². The monoisotopic (exact) mass is 263 g/mol. The van der Waals surface area contributed by atoms with Crippen LogP contribution in [0.5, 0.6) is 0 Å². The van der Waals surface area contributed by atoms with Crippen LogP contribution in [0.3, 0.4) is 0 Å². The fraction of sp³-hybridized carbons (Fsp3) is 0.154. The van der Waals surface area contributed by atoms with Gasteiger partial charge in [-0.05, 0) is 0 Å². The fourth-order valence-corrected chi connectivity index (χ4v) is 1.52. The Kier molecular flexibility index (Phi) is 4.50. The van der Waals surface area contributed by atoms with Crippen LogP contribution in [0.1, 0.15) is 11.3 Å². The van der Waals surface area contributed by atoms with Gasteiger partial charge < -0.3 is 17.0 Å². The van der Waals surface area contributed by atoms with Gasteiger partial charge >= 0.3 is 0 Å². The summed E-state index contributed by atoms with van der Waals surface area (Å²) < 4.78 is 2.25. The van der Waals surface area contributed by atoms with Crippen molar-refractivity contribution < 1.29 is 21.5 Å². The van der Waals surface area contributed by atoms with E-state index in [0.29, 0.717) is 0 Å². The molecule has 15 heavy (non-hydrogen) atoms. The molecule has 0 aliphatic heterocycles. The van der Waals surface area contributed by atoms with Gasteiger partial charge in [-0.15, -0.1) is 0 Å². The highest BCUT2D eigenvalue weighted by Crippen LogP contribution is 1.98. The number of hydrogen-bond donors (Lipinski definition) is 0. The molecule has 0 spiro atoms. The molecule has 0 aliphatic rings. The molecule has 1 heterocycles. The molecule has 2 rings (SSSR count). The second-order valence-corrected chi connectivity index (χ2v) is 3.46. The Bertz CT molecular complexity index is 412. The zero-order valence-corrected chi connectivity index (χ0v) is 10.3. The number of benzene rings is 1. The highest BCUT2D eigenvalue weighted by atomic mass is 79.9. The van der Waals surface area contributed by atoms with Crippen molar-refractivity contribution in [2.45, 2.75) is 13.5 Å². The van der Waals surface area contributed by atoms with Crippen LogP contribution in [0.2, 0.25) is 0 Å². The van der Waals surface area contributed by atoms with Crippen LogP contribution < -0.4 is 21.5 Å². The minimum atomic E-state index is 0. The third-order valence-electron chi connectivity index (χ3n) is 2.36. The highest BCUT2D eigenvalue weighted by Gasteiger charge is 2.04. The smallest absolute Gasteiger partial charge is 0.178 e. The standard InChI is InChI=1S/C13H14N.BrH/c1-12-7-5-6-10-14(12)11-13-8-3-2-4-9-13;/h2-10H,11H2,1H3;1H/q+1;/p-1. The second kappa shape index (κ2) is 5.66. The number of aryl methyl sites for hydroxylation is 1. The van der Waals surface area contributed by atoms with Crippen LogP contribution in [-0.4, -0.2) is 0 Å². The van der Waals surface area contributed by atoms with E-state index in [1.807, 2.05) is 6.07 Å². The predicted molar refractivity (Wildman–Crippen MR) is 56.9 cm³/mol. The molecule has 1 nitrogen and oxygen atoms in total. The van der Waals surface area contributed by atoms with Crippen molar-refractivity contribution in [2.24, 2.45) is 0 Å². The van der Waals surface area contributed by atoms with E-state index in [1.54, 1.807) is 0 Å². The summed E-state index contributed by atoms with van der Waals surface area (Å²) in [5.74, 6) is 0. The van der Waals surface area contributed by atoms with Gasteiger partial charge in [0.2, 0.25) is 0 Å². The van der Waals surface area contributed by atoms with E-state index >= 15 is 0 Å². The zero-order valence-electron chi connectivity index (χ0n) is 8.73. The molecular formula is C13H14BrN. The molecule has 1 aromatic carbocycles. The van der Waals surface area contributed by atoms with Gasteiger partial charge in [0.05, 0.1) is 0 Å². The van der Waals surface area contributed by atoms with Crippen molar-refractivity contribution in [1.82, 2.24) is 0 Å². The fourth-order valence-electron chi connectivity index (χ4n) is 1.52. The molecule has 1 aromatic heterocycles. The minimum Gasteiger partial charge on any atom is -1.00 e. The van der Waals surface area contributed by atoms with E-state index in [4.69, 9.17) is 0 Å². The Morgan fingerprint density at radius 2 is 1.60 bits per heavy atom. The van der Waals surface area contributed by atoms with Gasteiger partial charge in [0, 0.05) is 24.6 Å². The van der Waals surface area contributed by atoms with Crippen LogP contribution in [-0.2, 0) is 6.54 Å². The van der Waals surface area contributed by atoms with Crippen LogP contribution in [0.15, 0.2) is 54.7 Å². The first-order valence-corrected chi connectivity index (χ1v) is 4.85. The van der Waals surface area contributed by atoms with E-state index in [-0.39, 0.29) is 17.0 Å². The Hall–Kier alpha value is -1.15. The van der Waals surface area contributed by atoms with Crippen LogP contribution >= 0.6 is 0 Å². The molecule has 0 saturated heterocycles. The summed E-state index contributed by atoms with van der Waals surface area (Å²) in [6.07, 6.45) is 2.11. The third-order valence-corrected chi connectivity index (χ3v) is 2.36. The Labute approximate surface area is 101 Å². The van der Waals surface area contributed by atoms with E-state index in [1.165, 1.54) is 11.3 Å². The molecular weight excluding hydrogens is 250 g/mol. The van der Waals surface area contributed by atoms with E-state index < -0.39 is 0 Å². The normalized spacial score (nSPS) is 9.40.